The van der Waals surface area contributed by atoms with E-state index in [0.717, 1.165) is 18.4 Å². The van der Waals surface area contributed by atoms with Crippen LogP contribution in [0.3, 0.4) is 0 Å². The average Bonchev–Trinajstić information content (AvgIpc) is 2.41. The summed E-state index contributed by atoms with van der Waals surface area (Å²) in [6.07, 6.45) is 2.26. The third kappa shape index (κ3) is 6.20. The lowest BCUT2D eigenvalue weighted by molar-refractivity contribution is -0.145. The van der Waals surface area contributed by atoms with E-state index < -0.39 is 0 Å². The molecule has 0 aromatic heterocycles. The van der Waals surface area contributed by atoms with Crippen LogP contribution in [0.15, 0.2) is 30.3 Å². The number of ether oxygens (including phenoxy) is 1. The van der Waals surface area contributed by atoms with Crippen molar-refractivity contribution in [1.29, 1.82) is 0 Å². The van der Waals surface area contributed by atoms with Gasteiger partial charge in [0.25, 0.3) is 0 Å². The van der Waals surface area contributed by atoms with Crippen molar-refractivity contribution in [1.82, 2.24) is 0 Å². The molecule has 3 heteroatoms. The molecule has 1 unspecified atom stereocenters. The van der Waals surface area contributed by atoms with Crippen molar-refractivity contribution in [2.45, 2.75) is 46.6 Å². The fraction of sp³-hybridized carbons (Fsp3) is 0.588. The summed E-state index contributed by atoms with van der Waals surface area (Å²) >= 11 is 0. The average molecular weight is 277 g/mol. The van der Waals surface area contributed by atoms with Gasteiger partial charge in [0.05, 0.1) is 0 Å². The SMILES string of the molecule is CC(C)(C)C(CCN)CCC(=O)OCc1ccccc1. The zero-order valence-corrected chi connectivity index (χ0v) is 12.9. The highest BCUT2D eigenvalue weighted by atomic mass is 16.5. The number of carbonyl (C=O) groups is 1. The molecule has 0 saturated carbocycles. The standard InChI is InChI=1S/C17H27NO2/c1-17(2,3)15(11-12-18)9-10-16(19)20-13-14-7-5-4-6-8-14/h4-8,15H,9-13,18H2,1-3H3. The monoisotopic (exact) mass is 277 g/mol. The van der Waals surface area contributed by atoms with Crippen LogP contribution in [0.1, 0.15) is 45.6 Å². The Kier molecular flexibility index (Phi) is 6.73. The van der Waals surface area contributed by atoms with Gasteiger partial charge in [0.2, 0.25) is 0 Å². The van der Waals surface area contributed by atoms with E-state index in [2.05, 4.69) is 20.8 Å². The van der Waals surface area contributed by atoms with E-state index in [1.807, 2.05) is 30.3 Å². The highest BCUT2D eigenvalue weighted by molar-refractivity contribution is 5.69. The van der Waals surface area contributed by atoms with Crippen LogP contribution in [0.25, 0.3) is 0 Å². The van der Waals surface area contributed by atoms with Crippen LogP contribution in [0.5, 0.6) is 0 Å². The van der Waals surface area contributed by atoms with Crippen molar-refractivity contribution in [3.05, 3.63) is 35.9 Å². The van der Waals surface area contributed by atoms with Gasteiger partial charge in [0, 0.05) is 6.42 Å². The van der Waals surface area contributed by atoms with Crippen molar-refractivity contribution in [2.75, 3.05) is 6.54 Å². The molecule has 0 radical (unpaired) electrons. The second-order valence-corrected chi connectivity index (χ2v) is 6.33. The Morgan fingerprint density at radius 2 is 1.85 bits per heavy atom. The van der Waals surface area contributed by atoms with Crippen molar-refractivity contribution in [2.24, 2.45) is 17.1 Å². The van der Waals surface area contributed by atoms with Crippen LogP contribution in [0, 0.1) is 11.3 Å². The van der Waals surface area contributed by atoms with Crippen molar-refractivity contribution < 1.29 is 9.53 Å². The number of rotatable bonds is 7. The molecule has 0 fully saturated rings. The summed E-state index contributed by atoms with van der Waals surface area (Å²) in [4.78, 5) is 11.8. The maximum Gasteiger partial charge on any atom is 0.306 e. The van der Waals surface area contributed by atoms with E-state index in [1.165, 1.54) is 0 Å². The minimum atomic E-state index is -0.125. The quantitative estimate of drug-likeness (QED) is 0.776. The molecule has 1 rings (SSSR count). The molecule has 20 heavy (non-hydrogen) atoms. The van der Waals surface area contributed by atoms with Gasteiger partial charge in [-0.05, 0) is 36.3 Å². The number of benzene rings is 1. The molecule has 112 valence electrons. The summed E-state index contributed by atoms with van der Waals surface area (Å²) in [5, 5.41) is 0. The highest BCUT2D eigenvalue weighted by Crippen LogP contribution is 2.32. The Morgan fingerprint density at radius 1 is 1.20 bits per heavy atom. The van der Waals surface area contributed by atoms with E-state index in [0.29, 0.717) is 25.5 Å². The molecule has 1 aromatic carbocycles. The molecular weight excluding hydrogens is 250 g/mol. The largest absolute Gasteiger partial charge is 0.461 e. The van der Waals surface area contributed by atoms with Crippen LogP contribution in [-0.4, -0.2) is 12.5 Å². The Bertz CT molecular complexity index is 395. The maximum atomic E-state index is 11.8. The number of esters is 1. The molecule has 0 saturated heterocycles. The Labute approximate surface area is 122 Å². The first kappa shape index (κ1) is 16.7. The first-order chi connectivity index (χ1) is 9.43. The summed E-state index contributed by atoms with van der Waals surface area (Å²) in [7, 11) is 0. The molecule has 0 heterocycles. The number of nitrogens with two attached hydrogens (primary N) is 1. The smallest absolute Gasteiger partial charge is 0.306 e. The van der Waals surface area contributed by atoms with E-state index in [-0.39, 0.29) is 11.4 Å². The van der Waals surface area contributed by atoms with Crippen molar-refractivity contribution in [3.8, 4) is 0 Å². The summed E-state index contributed by atoms with van der Waals surface area (Å²) in [6, 6.07) is 9.76. The van der Waals surface area contributed by atoms with Crippen LogP contribution in [0.2, 0.25) is 0 Å². The van der Waals surface area contributed by atoms with Gasteiger partial charge < -0.3 is 10.5 Å². The fourth-order valence-corrected chi connectivity index (χ4v) is 2.31. The highest BCUT2D eigenvalue weighted by Gasteiger charge is 2.24. The first-order valence-electron chi connectivity index (χ1n) is 7.33. The first-order valence-corrected chi connectivity index (χ1v) is 7.33. The molecule has 0 amide bonds. The number of carbonyl (C=O) groups excluding carboxylic acids is 1. The Morgan fingerprint density at radius 3 is 2.40 bits per heavy atom. The summed E-state index contributed by atoms with van der Waals surface area (Å²) in [5.74, 6) is 0.330. The molecule has 2 N–H and O–H groups in total. The van der Waals surface area contributed by atoms with E-state index >= 15 is 0 Å². The molecule has 1 atom stereocenters. The second-order valence-electron chi connectivity index (χ2n) is 6.33. The minimum Gasteiger partial charge on any atom is -0.461 e. The van der Waals surface area contributed by atoms with Crippen molar-refractivity contribution >= 4 is 5.97 Å². The zero-order valence-electron chi connectivity index (χ0n) is 12.9. The number of hydrogen-bond acceptors (Lipinski definition) is 3. The predicted octanol–water partition coefficient (Wildman–Crippen LogP) is 3.52. The third-order valence-corrected chi connectivity index (χ3v) is 3.68. The van der Waals surface area contributed by atoms with Gasteiger partial charge in [-0.3, -0.25) is 4.79 Å². The molecule has 1 aromatic rings. The van der Waals surface area contributed by atoms with E-state index in [9.17, 15) is 4.79 Å². The second kappa shape index (κ2) is 8.05. The Balaban J connectivity index is 2.35. The van der Waals surface area contributed by atoms with Crippen LogP contribution < -0.4 is 5.73 Å². The molecular formula is C17H27NO2. The molecule has 3 nitrogen and oxygen atoms in total. The van der Waals surface area contributed by atoms with Crippen LogP contribution in [-0.2, 0) is 16.1 Å². The van der Waals surface area contributed by atoms with Gasteiger partial charge >= 0.3 is 5.97 Å². The van der Waals surface area contributed by atoms with E-state index in [4.69, 9.17) is 10.5 Å². The van der Waals surface area contributed by atoms with Crippen LogP contribution >= 0.6 is 0 Å². The lowest BCUT2D eigenvalue weighted by Gasteiger charge is -2.30. The molecule has 0 aliphatic carbocycles. The van der Waals surface area contributed by atoms with Gasteiger partial charge in [-0.25, -0.2) is 0 Å². The summed E-state index contributed by atoms with van der Waals surface area (Å²) in [6.45, 7) is 7.62. The Hall–Kier alpha value is -1.35. The van der Waals surface area contributed by atoms with Gasteiger partial charge in [0.15, 0.2) is 0 Å². The normalized spacial score (nSPS) is 13.0. The summed E-state index contributed by atoms with van der Waals surface area (Å²) in [5.41, 5.74) is 6.85. The van der Waals surface area contributed by atoms with Gasteiger partial charge in [-0.15, -0.1) is 0 Å². The van der Waals surface area contributed by atoms with E-state index in [1.54, 1.807) is 0 Å². The molecule has 0 aliphatic rings. The predicted molar refractivity (Wildman–Crippen MR) is 82.1 cm³/mol. The molecule has 0 aliphatic heterocycles. The lowest BCUT2D eigenvalue weighted by Crippen LogP contribution is -2.24. The van der Waals surface area contributed by atoms with Crippen molar-refractivity contribution in [3.63, 3.8) is 0 Å². The van der Waals surface area contributed by atoms with Gasteiger partial charge in [0.1, 0.15) is 6.61 Å². The lowest BCUT2D eigenvalue weighted by atomic mass is 9.76. The molecule has 0 bridgehead atoms. The zero-order chi connectivity index (χ0) is 15.0. The maximum absolute atomic E-state index is 11.8. The van der Waals surface area contributed by atoms with Gasteiger partial charge in [-0.2, -0.15) is 0 Å². The summed E-state index contributed by atoms with van der Waals surface area (Å²) < 4.78 is 5.30. The number of hydrogen-bond donors (Lipinski definition) is 1. The third-order valence-electron chi connectivity index (χ3n) is 3.68. The van der Waals surface area contributed by atoms with Gasteiger partial charge in [-0.1, -0.05) is 51.1 Å². The fourth-order valence-electron chi connectivity index (χ4n) is 2.31. The van der Waals surface area contributed by atoms with Crippen LogP contribution in [0.4, 0.5) is 0 Å². The minimum absolute atomic E-state index is 0.125. The molecule has 0 spiro atoms. The topological polar surface area (TPSA) is 52.3 Å².